The number of hydrogen-bond acceptors (Lipinski definition) is 2. The lowest BCUT2D eigenvalue weighted by molar-refractivity contribution is -0.118. The average molecular weight is 305 g/mol. The van der Waals surface area contributed by atoms with Crippen molar-refractivity contribution in [3.05, 3.63) is 65.2 Å². The number of halogens is 1. The molecule has 21 heavy (non-hydrogen) atoms. The molecular formula is C15H13ClN2O3. The summed E-state index contributed by atoms with van der Waals surface area (Å²) in [6, 6.07) is 14.3. The smallest absolute Gasteiger partial charge is 0.405 e. The molecule has 2 aromatic carbocycles. The number of carboxylic acid groups (broad SMARTS) is 1. The molecule has 1 atom stereocenters. The van der Waals surface area contributed by atoms with Crippen LogP contribution in [-0.4, -0.2) is 17.1 Å². The van der Waals surface area contributed by atoms with Gasteiger partial charge in [0, 0.05) is 10.7 Å². The minimum absolute atomic E-state index is 0.481. The quantitative estimate of drug-likeness (QED) is 0.811. The molecular weight excluding hydrogens is 292 g/mol. The van der Waals surface area contributed by atoms with E-state index in [1.165, 1.54) is 0 Å². The van der Waals surface area contributed by atoms with Gasteiger partial charge in [-0.15, -0.1) is 0 Å². The highest BCUT2D eigenvalue weighted by Gasteiger charge is 2.22. The Kier molecular flexibility index (Phi) is 4.79. The molecule has 2 amide bonds. The van der Waals surface area contributed by atoms with Crippen molar-refractivity contribution in [3.8, 4) is 0 Å². The maximum atomic E-state index is 12.3. The van der Waals surface area contributed by atoms with Crippen molar-refractivity contribution in [2.24, 2.45) is 0 Å². The zero-order chi connectivity index (χ0) is 15.2. The maximum absolute atomic E-state index is 12.3. The van der Waals surface area contributed by atoms with Crippen molar-refractivity contribution in [1.82, 2.24) is 5.32 Å². The Morgan fingerprint density at radius 1 is 1.05 bits per heavy atom. The van der Waals surface area contributed by atoms with Crippen LogP contribution in [0.25, 0.3) is 0 Å². The van der Waals surface area contributed by atoms with E-state index >= 15 is 0 Å². The summed E-state index contributed by atoms with van der Waals surface area (Å²) in [5.74, 6) is -0.481. The molecule has 0 radical (unpaired) electrons. The summed E-state index contributed by atoms with van der Waals surface area (Å²) in [6.07, 6.45) is -1.27. The molecule has 0 aliphatic carbocycles. The molecule has 108 valence electrons. The molecule has 0 saturated carbocycles. The van der Waals surface area contributed by atoms with E-state index in [-0.39, 0.29) is 0 Å². The van der Waals surface area contributed by atoms with Crippen molar-refractivity contribution >= 4 is 29.3 Å². The predicted molar refractivity (Wildman–Crippen MR) is 80.4 cm³/mol. The fourth-order valence-corrected chi connectivity index (χ4v) is 2.04. The van der Waals surface area contributed by atoms with Crippen LogP contribution >= 0.6 is 11.6 Å². The van der Waals surface area contributed by atoms with Crippen molar-refractivity contribution in [1.29, 1.82) is 0 Å². The molecule has 6 heteroatoms. The Morgan fingerprint density at radius 2 is 1.76 bits per heavy atom. The lowest BCUT2D eigenvalue weighted by Gasteiger charge is -2.17. The van der Waals surface area contributed by atoms with E-state index < -0.39 is 18.0 Å². The molecule has 0 spiro atoms. The SMILES string of the molecule is O=C(O)NC(C(=O)Nc1cccc(Cl)c1)c1ccccc1. The highest BCUT2D eigenvalue weighted by Crippen LogP contribution is 2.18. The number of carbonyl (C=O) groups excluding carboxylic acids is 1. The van der Waals surface area contributed by atoms with Gasteiger partial charge in [0.25, 0.3) is 5.91 Å². The van der Waals surface area contributed by atoms with Crippen LogP contribution in [0.5, 0.6) is 0 Å². The first-order valence-corrected chi connectivity index (χ1v) is 6.55. The first-order chi connectivity index (χ1) is 10.1. The van der Waals surface area contributed by atoms with Crippen LogP contribution in [0.3, 0.4) is 0 Å². The fraction of sp³-hybridized carbons (Fsp3) is 0.0667. The van der Waals surface area contributed by atoms with Gasteiger partial charge in [0.2, 0.25) is 0 Å². The summed E-state index contributed by atoms with van der Waals surface area (Å²) < 4.78 is 0. The van der Waals surface area contributed by atoms with Crippen LogP contribution in [0.1, 0.15) is 11.6 Å². The number of rotatable bonds is 4. The molecule has 0 aliphatic heterocycles. The molecule has 0 fully saturated rings. The second-order valence-corrected chi connectivity index (χ2v) is 4.73. The summed E-state index contributed by atoms with van der Waals surface area (Å²) in [6.45, 7) is 0. The Bertz CT molecular complexity index is 646. The molecule has 2 rings (SSSR count). The van der Waals surface area contributed by atoms with Gasteiger partial charge in [-0.1, -0.05) is 48.0 Å². The molecule has 1 unspecified atom stereocenters. The number of benzene rings is 2. The van der Waals surface area contributed by atoms with Gasteiger partial charge in [-0.05, 0) is 23.8 Å². The molecule has 0 saturated heterocycles. The first-order valence-electron chi connectivity index (χ1n) is 6.17. The summed E-state index contributed by atoms with van der Waals surface area (Å²) in [4.78, 5) is 23.2. The molecule has 0 bridgehead atoms. The molecule has 3 N–H and O–H groups in total. The Balaban J connectivity index is 2.20. The minimum atomic E-state index is -1.27. The number of amides is 2. The Morgan fingerprint density at radius 3 is 2.38 bits per heavy atom. The van der Waals surface area contributed by atoms with Crippen LogP contribution in [0.4, 0.5) is 10.5 Å². The normalized spacial score (nSPS) is 11.5. The second kappa shape index (κ2) is 6.76. The predicted octanol–water partition coefficient (Wildman–Crippen LogP) is 3.29. The van der Waals surface area contributed by atoms with Crippen molar-refractivity contribution in [2.75, 3.05) is 5.32 Å². The van der Waals surface area contributed by atoms with Gasteiger partial charge in [0.1, 0.15) is 6.04 Å². The highest BCUT2D eigenvalue weighted by atomic mass is 35.5. The van der Waals surface area contributed by atoms with Crippen molar-refractivity contribution in [3.63, 3.8) is 0 Å². The van der Waals surface area contributed by atoms with Gasteiger partial charge in [-0.2, -0.15) is 0 Å². The lowest BCUT2D eigenvalue weighted by atomic mass is 10.1. The number of hydrogen-bond donors (Lipinski definition) is 3. The molecule has 0 heterocycles. The van der Waals surface area contributed by atoms with Gasteiger partial charge in [0.05, 0.1) is 0 Å². The number of anilines is 1. The van der Waals surface area contributed by atoms with Gasteiger partial charge in [0.15, 0.2) is 0 Å². The van der Waals surface area contributed by atoms with Crippen LogP contribution in [0.15, 0.2) is 54.6 Å². The van der Waals surface area contributed by atoms with E-state index in [1.54, 1.807) is 54.6 Å². The second-order valence-electron chi connectivity index (χ2n) is 4.29. The summed E-state index contributed by atoms with van der Waals surface area (Å²) >= 11 is 5.85. The van der Waals surface area contributed by atoms with Crippen molar-refractivity contribution < 1.29 is 14.7 Å². The van der Waals surface area contributed by atoms with Gasteiger partial charge in [-0.3, -0.25) is 4.79 Å². The van der Waals surface area contributed by atoms with E-state index in [0.29, 0.717) is 16.3 Å². The third kappa shape index (κ3) is 4.22. The topological polar surface area (TPSA) is 78.4 Å². The largest absolute Gasteiger partial charge is 0.465 e. The standard InChI is InChI=1S/C15H13ClN2O3/c16-11-7-4-8-12(9-11)17-14(19)13(18-15(20)21)10-5-2-1-3-6-10/h1-9,13,18H,(H,17,19)(H,20,21). The fourth-order valence-electron chi connectivity index (χ4n) is 1.85. The lowest BCUT2D eigenvalue weighted by Crippen LogP contribution is -2.36. The number of carbonyl (C=O) groups is 2. The van der Waals surface area contributed by atoms with E-state index in [9.17, 15) is 9.59 Å². The highest BCUT2D eigenvalue weighted by molar-refractivity contribution is 6.30. The number of nitrogens with one attached hydrogen (secondary N) is 2. The third-order valence-electron chi connectivity index (χ3n) is 2.76. The van der Waals surface area contributed by atoms with Crippen molar-refractivity contribution in [2.45, 2.75) is 6.04 Å². The molecule has 5 nitrogen and oxygen atoms in total. The van der Waals surface area contributed by atoms with Crippen LogP contribution < -0.4 is 10.6 Å². The van der Waals surface area contributed by atoms with Crippen LogP contribution in [0, 0.1) is 0 Å². The summed E-state index contributed by atoms with van der Waals surface area (Å²) in [7, 11) is 0. The Labute approximate surface area is 126 Å². The Hall–Kier alpha value is -2.53. The zero-order valence-electron chi connectivity index (χ0n) is 10.9. The maximum Gasteiger partial charge on any atom is 0.405 e. The molecule has 0 aliphatic rings. The van der Waals surface area contributed by atoms with E-state index in [0.717, 1.165) is 0 Å². The minimum Gasteiger partial charge on any atom is -0.465 e. The van der Waals surface area contributed by atoms with Crippen LogP contribution in [0.2, 0.25) is 5.02 Å². The molecule has 2 aromatic rings. The third-order valence-corrected chi connectivity index (χ3v) is 2.99. The monoisotopic (exact) mass is 304 g/mol. The van der Waals surface area contributed by atoms with Gasteiger partial charge >= 0.3 is 6.09 Å². The zero-order valence-corrected chi connectivity index (χ0v) is 11.7. The first kappa shape index (κ1) is 14.9. The van der Waals surface area contributed by atoms with Crippen LogP contribution in [-0.2, 0) is 4.79 Å². The molecule has 0 aromatic heterocycles. The van der Waals surface area contributed by atoms with E-state index in [2.05, 4.69) is 10.6 Å². The summed E-state index contributed by atoms with van der Waals surface area (Å²) in [5.41, 5.74) is 1.06. The van der Waals surface area contributed by atoms with E-state index in [4.69, 9.17) is 16.7 Å². The van der Waals surface area contributed by atoms with E-state index in [1.807, 2.05) is 0 Å². The van der Waals surface area contributed by atoms with Gasteiger partial charge in [-0.25, -0.2) is 4.79 Å². The summed E-state index contributed by atoms with van der Waals surface area (Å²) in [5, 5.41) is 14.2. The average Bonchev–Trinajstić information content (AvgIpc) is 2.45. The van der Waals surface area contributed by atoms with Gasteiger partial charge < -0.3 is 15.7 Å².